The van der Waals surface area contributed by atoms with Gasteiger partial charge in [0.05, 0.1) is 5.56 Å². The van der Waals surface area contributed by atoms with Gasteiger partial charge in [-0.1, -0.05) is 34.1 Å². The van der Waals surface area contributed by atoms with Crippen molar-refractivity contribution in [3.8, 4) is 5.75 Å². The smallest absolute Gasteiger partial charge is 0.418 e. The summed E-state index contributed by atoms with van der Waals surface area (Å²) in [4.78, 5) is 0. The van der Waals surface area contributed by atoms with E-state index in [1.165, 1.54) is 6.07 Å². The summed E-state index contributed by atoms with van der Waals surface area (Å²) in [6.07, 6.45) is -4.40. The summed E-state index contributed by atoms with van der Waals surface area (Å²) >= 11 is 3.05. The van der Waals surface area contributed by atoms with Crippen molar-refractivity contribution in [3.63, 3.8) is 0 Å². The standard InChI is InChI=1S/C15H13BrF3NO/c16-11-6-7-14(13(10-11)15(17,18)19)20-8-9-21-12-4-2-1-3-5-12/h1-7,10,20H,8-9H2. The van der Waals surface area contributed by atoms with Gasteiger partial charge in [0.15, 0.2) is 0 Å². The third kappa shape index (κ3) is 4.67. The van der Waals surface area contributed by atoms with Gasteiger partial charge in [0, 0.05) is 16.7 Å². The van der Waals surface area contributed by atoms with Gasteiger partial charge in [-0.15, -0.1) is 0 Å². The van der Waals surface area contributed by atoms with Gasteiger partial charge in [-0.25, -0.2) is 0 Å². The average Bonchev–Trinajstić information content (AvgIpc) is 2.45. The number of anilines is 1. The van der Waals surface area contributed by atoms with Gasteiger partial charge in [0.2, 0.25) is 0 Å². The molecule has 0 saturated heterocycles. The molecular formula is C15H13BrF3NO. The maximum atomic E-state index is 12.9. The van der Waals surface area contributed by atoms with Gasteiger partial charge in [0.25, 0.3) is 0 Å². The normalized spacial score (nSPS) is 11.2. The van der Waals surface area contributed by atoms with Crippen LogP contribution in [0.25, 0.3) is 0 Å². The summed E-state index contributed by atoms with van der Waals surface area (Å²) in [5, 5.41) is 2.75. The molecule has 112 valence electrons. The number of nitrogens with one attached hydrogen (secondary N) is 1. The lowest BCUT2D eigenvalue weighted by atomic mass is 10.1. The quantitative estimate of drug-likeness (QED) is 0.761. The second-order valence-corrected chi connectivity index (χ2v) is 5.19. The Bertz CT molecular complexity index is 587. The minimum atomic E-state index is -4.40. The zero-order chi connectivity index (χ0) is 15.3. The molecule has 0 heterocycles. The van der Waals surface area contributed by atoms with E-state index >= 15 is 0 Å². The third-order valence-corrected chi connectivity index (χ3v) is 3.21. The van der Waals surface area contributed by atoms with Crippen LogP contribution >= 0.6 is 15.9 Å². The Morgan fingerprint density at radius 1 is 1.05 bits per heavy atom. The fourth-order valence-electron chi connectivity index (χ4n) is 1.78. The van der Waals surface area contributed by atoms with Crippen LogP contribution < -0.4 is 10.1 Å². The Morgan fingerprint density at radius 3 is 2.43 bits per heavy atom. The Morgan fingerprint density at radius 2 is 1.76 bits per heavy atom. The predicted molar refractivity (Wildman–Crippen MR) is 79.6 cm³/mol. The molecule has 2 nitrogen and oxygen atoms in total. The van der Waals surface area contributed by atoms with Crippen LogP contribution in [0.2, 0.25) is 0 Å². The molecule has 2 rings (SSSR count). The molecule has 0 bridgehead atoms. The molecule has 0 unspecified atom stereocenters. The van der Waals surface area contributed by atoms with Crippen LogP contribution in [-0.4, -0.2) is 13.2 Å². The van der Waals surface area contributed by atoms with E-state index < -0.39 is 11.7 Å². The van der Waals surface area contributed by atoms with E-state index in [0.29, 0.717) is 10.2 Å². The maximum Gasteiger partial charge on any atom is 0.418 e. The monoisotopic (exact) mass is 359 g/mol. The molecular weight excluding hydrogens is 347 g/mol. The van der Waals surface area contributed by atoms with Crippen LogP contribution in [0.3, 0.4) is 0 Å². The highest BCUT2D eigenvalue weighted by Gasteiger charge is 2.33. The van der Waals surface area contributed by atoms with E-state index in [9.17, 15) is 13.2 Å². The first-order chi connectivity index (χ1) is 9.97. The van der Waals surface area contributed by atoms with Crippen molar-refractivity contribution >= 4 is 21.6 Å². The average molecular weight is 360 g/mol. The van der Waals surface area contributed by atoms with E-state index in [4.69, 9.17) is 4.74 Å². The van der Waals surface area contributed by atoms with Gasteiger partial charge in [-0.2, -0.15) is 13.2 Å². The van der Waals surface area contributed by atoms with Crippen molar-refractivity contribution in [1.29, 1.82) is 0 Å². The van der Waals surface area contributed by atoms with Crippen LogP contribution in [-0.2, 0) is 6.18 Å². The zero-order valence-corrected chi connectivity index (χ0v) is 12.5. The maximum absolute atomic E-state index is 12.9. The summed E-state index contributed by atoms with van der Waals surface area (Å²) in [6, 6.07) is 13.1. The van der Waals surface area contributed by atoms with Crippen LogP contribution in [0.5, 0.6) is 5.75 Å². The van der Waals surface area contributed by atoms with Crippen LogP contribution in [0.15, 0.2) is 53.0 Å². The topological polar surface area (TPSA) is 21.3 Å². The fraction of sp³-hybridized carbons (Fsp3) is 0.200. The van der Waals surface area contributed by atoms with E-state index in [1.54, 1.807) is 18.2 Å². The van der Waals surface area contributed by atoms with Crippen molar-refractivity contribution in [2.75, 3.05) is 18.5 Å². The van der Waals surface area contributed by atoms with Crippen molar-refractivity contribution in [2.45, 2.75) is 6.18 Å². The Kier molecular flexibility index (Phi) is 5.12. The number of hydrogen-bond acceptors (Lipinski definition) is 2. The van der Waals surface area contributed by atoms with Crippen LogP contribution in [0.4, 0.5) is 18.9 Å². The first-order valence-corrected chi connectivity index (χ1v) is 7.04. The highest BCUT2D eigenvalue weighted by molar-refractivity contribution is 9.10. The summed E-state index contributed by atoms with van der Waals surface area (Å²) in [5.41, 5.74) is -0.654. The summed E-state index contributed by atoms with van der Waals surface area (Å²) in [6.45, 7) is 0.553. The molecule has 0 aromatic heterocycles. The molecule has 0 aliphatic carbocycles. The molecule has 0 radical (unpaired) electrons. The van der Waals surface area contributed by atoms with Crippen molar-refractivity contribution in [1.82, 2.24) is 0 Å². The van der Waals surface area contributed by atoms with Gasteiger partial charge < -0.3 is 10.1 Å². The van der Waals surface area contributed by atoms with Gasteiger partial charge in [0.1, 0.15) is 12.4 Å². The summed E-state index contributed by atoms with van der Waals surface area (Å²) in [7, 11) is 0. The minimum Gasteiger partial charge on any atom is -0.492 e. The molecule has 2 aromatic rings. The Balaban J connectivity index is 1.94. The molecule has 21 heavy (non-hydrogen) atoms. The second kappa shape index (κ2) is 6.85. The Hall–Kier alpha value is -1.69. The summed E-state index contributed by atoms with van der Waals surface area (Å²) < 4.78 is 44.5. The van der Waals surface area contributed by atoms with E-state index in [2.05, 4.69) is 21.2 Å². The van der Waals surface area contributed by atoms with Crippen molar-refractivity contribution < 1.29 is 17.9 Å². The number of alkyl halides is 3. The van der Waals surface area contributed by atoms with Gasteiger partial charge in [-0.3, -0.25) is 0 Å². The third-order valence-electron chi connectivity index (χ3n) is 2.72. The first kappa shape index (κ1) is 15.7. The number of rotatable bonds is 5. The summed E-state index contributed by atoms with van der Waals surface area (Å²) in [5.74, 6) is 0.686. The highest BCUT2D eigenvalue weighted by atomic mass is 79.9. The molecule has 0 aliphatic heterocycles. The first-order valence-electron chi connectivity index (χ1n) is 6.25. The van der Waals surface area contributed by atoms with Crippen LogP contribution in [0, 0.1) is 0 Å². The fourth-order valence-corrected chi connectivity index (χ4v) is 2.14. The van der Waals surface area contributed by atoms with Gasteiger partial charge >= 0.3 is 6.18 Å². The Labute approximate surface area is 129 Å². The number of para-hydroxylation sites is 1. The number of halogens is 4. The van der Waals surface area contributed by atoms with Crippen molar-refractivity contribution in [3.05, 3.63) is 58.6 Å². The number of benzene rings is 2. The van der Waals surface area contributed by atoms with E-state index in [0.717, 1.165) is 6.07 Å². The lowest BCUT2D eigenvalue weighted by molar-refractivity contribution is -0.137. The lowest BCUT2D eigenvalue weighted by Gasteiger charge is -2.15. The zero-order valence-electron chi connectivity index (χ0n) is 11.0. The van der Waals surface area contributed by atoms with E-state index in [-0.39, 0.29) is 18.8 Å². The lowest BCUT2D eigenvalue weighted by Crippen LogP contribution is -2.15. The number of hydrogen-bond donors (Lipinski definition) is 1. The molecule has 2 aromatic carbocycles. The molecule has 1 N–H and O–H groups in total. The molecule has 0 fully saturated rings. The minimum absolute atomic E-state index is 0.0439. The van der Waals surface area contributed by atoms with E-state index in [1.807, 2.05) is 18.2 Å². The molecule has 6 heteroatoms. The number of ether oxygens (including phenoxy) is 1. The predicted octanol–water partition coefficient (Wildman–Crippen LogP) is 4.96. The highest BCUT2D eigenvalue weighted by Crippen LogP contribution is 2.36. The SMILES string of the molecule is FC(F)(F)c1cc(Br)ccc1NCCOc1ccccc1. The van der Waals surface area contributed by atoms with Gasteiger partial charge in [-0.05, 0) is 30.3 Å². The molecule has 0 atom stereocenters. The second-order valence-electron chi connectivity index (χ2n) is 4.28. The largest absolute Gasteiger partial charge is 0.492 e. The molecule has 0 amide bonds. The molecule has 0 aliphatic rings. The van der Waals surface area contributed by atoms with Crippen molar-refractivity contribution in [2.24, 2.45) is 0 Å². The molecule has 0 saturated carbocycles. The van der Waals surface area contributed by atoms with Crippen LogP contribution in [0.1, 0.15) is 5.56 Å². The molecule has 0 spiro atoms.